The van der Waals surface area contributed by atoms with Crippen LogP contribution >= 0.6 is 0 Å². The number of benzene rings is 1. The predicted octanol–water partition coefficient (Wildman–Crippen LogP) is 3.49. The largest absolute Gasteiger partial charge is 0.0839 e. The Morgan fingerprint density at radius 3 is 2.62 bits per heavy atom. The molecule has 65 valence electrons. The van der Waals surface area contributed by atoms with Gasteiger partial charge in [-0.3, -0.25) is 0 Å². The van der Waals surface area contributed by atoms with Gasteiger partial charge in [-0.2, -0.15) is 0 Å². The summed E-state index contributed by atoms with van der Waals surface area (Å²) in [7, 11) is 0. The van der Waals surface area contributed by atoms with Crippen LogP contribution in [-0.2, 0) is 0 Å². The highest BCUT2D eigenvalue weighted by Gasteiger charge is 2.08. The smallest absolute Gasteiger partial charge is 0.00584 e. The summed E-state index contributed by atoms with van der Waals surface area (Å²) in [4.78, 5) is 0. The molecule has 1 aromatic carbocycles. The van der Waals surface area contributed by atoms with Gasteiger partial charge in [0.05, 0.1) is 0 Å². The van der Waals surface area contributed by atoms with Crippen LogP contribution in [0.2, 0.25) is 0 Å². The maximum absolute atomic E-state index is 2.26. The van der Waals surface area contributed by atoms with E-state index < -0.39 is 0 Å². The van der Waals surface area contributed by atoms with Crippen LogP contribution in [-0.4, -0.2) is 0 Å². The zero-order valence-corrected chi connectivity index (χ0v) is 7.56. The van der Waals surface area contributed by atoms with E-state index in [0.29, 0.717) is 5.92 Å². The monoisotopic (exact) mass is 169 g/mol. The summed E-state index contributed by atoms with van der Waals surface area (Å²) in [5.41, 5.74) is 1.40. The predicted molar refractivity (Wildman–Crippen MR) is 56.4 cm³/mol. The lowest BCUT2D eigenvalue weighted by Crippen LogP contribution is -1.95. The minimum absolute atomic E-state index is 0.552. The second-order valence-electron chi connectivity index (χ2n) is 3.26. The van der Waals surface area contributed by atoms with E-state index in [1.807, 2.05) is 0 Å². The maximum Gasteiger partial charge on any atom is -0.00584 e. The van der Waals surface area contributed by atoms with Gasteiger partial charge in [0, 0.05) is 0 Å². The third kappa shape index (κ3) is 2.09. The Bertz CT molecular complexity index is 292. The van der Waals surface area contributed by atoms with Crippen molar-refractivity contribution in [3.8, 4) is 0 Å². The first-order valence-corrected chi connectivity index (χ1v) is 4.68. The normalized spacial score (nSPS) is 17.2. The molecule has 0 spiro atoms. The van der Waals surface area contributed by atoms with E-state index in [2.05, 4.69) is 61.1 Å². The SMILES string of the molecule is [CH]1C=CC=CC[C@H]1c1ccccc1. The minimum atomic E-state index is 0.552. The zero-order valence-electron chi connectivity index (χ0n) is 7.56. The number of hydrogen-bond donors (Lipinski definition) is 0. The Morgan fingerprint density at radius 1 is 0.923 bits per heavy atom. The van der Waals surface area contributed by atoms with Crippen LogP contribution in [0.25, 0.3) is 0 Å². The van der Waals surface area contributed by atoms with Crippen molar-refractivity contribution in [2.75, 3.05) is 0 Å². The molecule has 0 heteroatoms. The molecule has 0 N–H and O–H groups in total. The molecule has 1 aliphatic carbocycles. The van der Waals surface area contributed by atoms with Crippen LogP contribution in [0.5, 0.6) is 0 Å². The minimum Gasteiger partial charge on any atom is -0.0839 e. The average molecular weight is 169 g/mol. The molecule has 0 nitrogen and oxygen atoms in total. The van der Waals surface area contributed by atoms with Crippen molar-refractivity contribution in [2.24, 2.45) is 0 Å². The summed E-state index contributed by atoms with van der Waals surface area (Å²) in [6.45, 7) is 0. The molecular formula is C13H13. The fourth-order valence-corrected chi connectivity index (χ4v) is 1.59. The van der Waals surface area contributed by atoms with Gasteiger partial charge in [-0.1, -0.05) is 54.6 Å². The Balaban J connectivity index is 2.17. The van der Waals surface area contributed by atoms with Crippen molar-refractivity contribution in [1.29, 1.82) is 0 Å². The van der Waals surface area contributed by atoms with Crippen LogP contribution in [0.4, 0.5) is 0 Å². The molecule has 0 saturated carbocycles. The van der Waals surface area contributed by atoms with Gasteiger partial charge in [0.25, 0.3) is 0 Å². The summed E-state index contributed by atoms with van der Waals surface area (Å²) in [5, 5.41) is 0. The van der Waals surface area contributed by atoms with Crippen LogP contribution in [0, 0.1) is 6.42 Å². The van der Waals surface area contributed by atoms with E-state index in [1.165, 1.54) is 5.56 Å². The summed E-state index contributed by atoms with van der Waals surface area (Å²) < 4.78 is 0. The van der Waals surface area contributed by atoms with E-state index in [-0.39, 0.29) is 0 Å². The van der Waals surface area contributed by atoms with Crippen LogP contribution in [0.15, 0.2) is 54.6 Å². The highest BCUT2D eigenvalue weighted by atomic mass is 14.1. The fourth-order valence-electron chi connectivity index (χ4n) is 1.59. The first kappa shape index (κ1) is 8.31. The molecule has 0 aromatic heterocycles. The van der Waals surface area contributed by atoms with Gasteiger partial charge in [-0.05, 0) is 24.3 Å². The standard InChI is InChI=1S/C13H13/c1-2-5-9-12(8-4-1)13-10-6-3-7-11-13/h1-8,10-12H,9H2/t12-/m0/s1. The van der Waals surface area contributed by atoms with Crippen LogP contribution < -0.4 is 0 Å². The molecule has 13 heavy (non-hydrogen) atoms. The molecule has 0 saturated heterocycles. The van der Waals surface area contributed by atoms with Gasteiger partial charge in [0.2, 0.25) is 0 Å². The molecule has 1 aliphatic rings. The van der Waals surface area contributed by atoms with Crippen molar-refractivity contribution >= 4 is 0 Å². The second kappa shape index (κ2) is 4.08. The Morgan fingerprint density at radius 2 is 1.77 bits per heavy atom. The fraction of sp³-hybridized carbons (Fsp3) is 0.154. The Hall–Kier alpha value is -1.30. The van der Waals surface area contributed by atoms with E-state index in [0.717, 1.165) is 6.42 Å². The quantitative estimate of drug-likeness (QED) is 0.603. The van der Waals surface area contributed by atoms with Crippen molar-refractivity contribution in [1.82, 2.24) is 0 Å². The van der Waals surface area contributed by atoms with Gasteiger partial charge >= 0.3 is 0 Å². The Labute approximate surface area is 79.6 Å². The van der Waals surface area contributed by atoms with Crippen molar-refractivity contribution < 1.29 is 0 Å². The second-order valence-corrected chi connectivity index (χ2v) is 3.26. The third-order valence-corrected chi connectivity index (χ3v) is 2.32. The third-order valence-electron chi connectivity index (χ3n) is 2.32. The number of allylic oxidation sites excluding steroid dienone is 4. The van der Waals surface area contributed by atoms with E-state index >= 15 is 0 Å². The van der Waals surface area contributed by atoms with E-state index in [1.54, 1.807) is 0 Å². The maximum atomic E-state index is 2.26. The topological polar surface area (TPSA) is 0 Å². The van der Waals surface area contributed by atoms with Crippen LogP contribution in [0.3, 0.4) is 0 Å². The highest BCUT2D eigenvalue weighted by molar-refractivity contribution is 5.28. The molecule has 0 heterocycles. The van der Waals surface area contributed by atoms with Crippen molar-refractivity contribution in [3.63, 3.8) is 0 Å². The van der Waals surface area contributed by atoms with Gasteiger partial charge in [0.15, 0.2) is 0 Å². The highest BCUT2D eigenvalue weighted by Crippen LogP contribution is 2.24. The molecule has 0 amide bonds. The van der Waals surface area contributed by atoms with Crippen LogP contribution in [0.1, 0.15) is 17.9 Å². The first-order chi connectivity index (χ1) is 6.47. The molecule has 2 rings (SSSR count). The van der Waals surface area contributed by atoms with E-state index in [4.69, 9.17) is 0 Å². The summed E-state index contributed by atoms with van der Waals surface area (Å²) in [6, 6.07) is 10.6. The zero-order chi connectivity index (χ0) is 8.93. The van der Waals surface area contributed by atoms with Gasteiger partial charge < -0.3 is 0 Å². The summed E-state index contributed by atoms with van der Waals surface area (Å²) in [6.07, 6.45) is 11.9. The molecule has 1 aromatic rings. The lowest BCUT2D eigenvalue weighted by atomic mass is 9.93. The molecule has 1 atom stereocenters. The number of rotatable bonds is 1. The molecular weight excluding hydrogens is 156 g/mol. The lowest BCUT2D eigenvalue weighted by molar-refractivity contribution is 0.827. The lowest BCUT2D eigenvalue weighted by Gasteiger charge is -2.11. The van der Waals surface area contributed by atoms with Gasteiger partial charge in [0.1, 0.15) is 0 Å². The summed E-state index contributed by atoms with van der Waals surface area (Å²) in [5.74, 6) is 0.552. The average Bonchev–Trinajstić information content (AvgIpc) is 2.47. The number of hydrogen-bond acceptors (Lipinski definition) is 0. The molecule has 0 fully saturated rings. The van der Waals surface area contributed by atoms with Gasteiger partial charge in [-0.25, -0.2) is 0 Å². The van der Waals surface area contributed by atoms with E-state index in [9.17, 15) is 0 Å². The first-order valence-electron chi connectivity index (χ1n) is 4.68. The molecule has 1 radical (unpaired) electrons. The molecule has 0 aliphatic heterocycles. The summed E-state index contributed by atoms with van der Waals surface area (Å²) >= 11 is 0. The molecule has 0 bridgehead atoms. The van der Waals surface area contributed by atoms with Crippen molar-refractivity contribution in [2.45, 2.75) is 12.3 Å². The molecule has 0 unspecified atom stereocenters. The Kier molecular flexibility index (Phi) is 2.61. The van der Waals surface area contributed by atoms with Crippen molar-refractivity contribution in [3.05, 3.63) is 66.6 Å². The van der Waals surface area contributed by atoms with Gasteiger partial charge in [-0.15, -0.1) is 0 Å².